The fourth-order valence-electron chi connectivity index (χ4n) is 2.95. The van der Waals surface area contributed by atoms with E-state index in [1.54, 1.807) is 29.2 Å². The Hall–Kier alpha value is -2.21. The van der Waals surface area contributed by atoms with Crippen molar-refractivity contribution < 1.29 is 17.6 Å². The summed E-state index contributed by atoms with van der Waals surface area (Å²) in [5.74, 6) is -0.537. The molecule has 1 aliphatic rings. The molecule has 2 aromatic carbocycles. The molecule has 0 unspecified atom stereocenters. The minimum Gasteiger partial charge on any atom is -0.339 e. The van der Waals surface area contributed by atoms with E-state index in [9.17, 15) is 17.6 Å². The molecule has 0 aliphatic carbocycles. The second-order valence-corrected chi connectivity index (χ2v) is 8.08. The maximum Gasteiger partial charge on any atom is 0.253 e. The van der Waals surface area contributed by atoms with E-state index in [4.69, 9.17) is 0 Å². The van der Waals surface area contributed by atoms with Crippen LogP contribution in [-0.4, -0.2) is 37.6 Å². The zero-order valence-corrected chi connectivity index (χ0v) is 13.9. The molecular weight excluding hydrogens is 329 g/mol. The molecule has 1 amide bonds. The summed E-state index contributed by atoms with van der Waals surface area (Å²) in [4.78, 5) is 14.2. The van der Waals surface area contributed by atoms with E-state index >= 15 is 0 Å². The van der Waals surface area contributed by atoms with Gasteiger partial charge >= 0.3 is 0 Å². The van der Waals surface area contributed by atoms with Gasteiger partial charge in [0.1, 0.15) is 5.82 Å². The molecular formula is C18H18FNO3S. The first-order valence-corrected chi connectivity index (χ1v) is 9.37. The molecule has 1 heterocycles. The van der Waals surface area contributed by atoms with Crippen LogP contribution in [0.25, 0.3) is 0 Å². The predicted molar refractivity (Wildman–Crippen MR) is 89.0 cm³/mol. The topological polar surface area (TPSA) is 54.5 Å². The number of amides is 1. The van der Waals surface area contributed by atoms with Crippen molar-refractivity contribution in [3.63, 3.8) is 0 Å². The third-order valence-electron chi connectivity index (χ3n) is 4.33. The Balaban J connectivity index is 1.68. The van der Waals surface area contributed by atoms with Crippen molar-refractivity contribution in [2.45, 2.75) is 23.0 Å². The fraction of sp³-hybridized carbons (Fsp3) is 0.278. The van der Waals surface area contributed by atoms with Gasteiger partial charge in [-0.3, -0.25) is 4.79 Å². The summed E-state index contributed by atoms with van der Waals surface area (Å²) >= 11 is 0. The van der Waals surface area contributed by atoms with Crippen molar-refractivity contribution >= 4 is 15.7 Å². The molecule has 3 rings (SSSR count). The Labute approximate surface area is 140 Å². The monoisotopic (exact) mass is 347 g/mol. The van der Waals surface area contributed by atoms with E-state index in [0.29, 0.717) is 31.5 Å². The van der Waals surface area contributed by atoms with Crippen LogP contribution in [0.1, 0.15) is 23.2 Å². The van der Waals surface area contributed by atoms with E-state index in [0.717, 1.165) is 12.1 Å². The summed E-state index contributed by atoms with van der Waals surface area (Å²) in [5, 5.41) is -0.539. The van der Waals surface area contributed by atoms with Crippen LogP contribution in [0.5, 0.6) is 0 Å². The van der Waals surface area contributed by atoms with Crippen LogP contribution in [0.2, 0.25) is 0 Å². The lowest BCUT2D eigenvalue weighted by atomic mass is 10.1. The molecule has 0 aromatic heterocycles. The largest absolute Gasteiger partial charge is 0.339 e. The van der Waals surface area contributed by atoms with E-state index in [1.165, 1.54) is 12.1 Å². The molecule has 2 aromatic rings. The van der Waals surface area contributed by atoms with E-state index in [-0.39, 0.29) is 10.8 Å². The molecule has 1 fully saturated rings. The smallest absolute Gasteiger partial charge is 0.253 e. The highest BCUT2D eigenvalue weighted by Crippen LogP contribution is 2.25. The van der Waals surface area contributed by atoms with Crippen LogP contribution < -0.4 is 0 Å². The van der Waals surface area contributed by atoms with Gasteiger partial charge < -0.3 is 4.90 Å². The van der Waals surface area contributed by atoms with E-state index < -0.39 is 20.9 Å². The normalized spacial score (nSPS) is 16.1. The molecule has 0 N–H and O–H groups in total. The number of rotatable bonds is 3. The minimum atomic E-state index is -3.50. The molecule has 126 valence electrons. The number of piperidine rings is 1. The number of hydrogen-bond donors (Lipinski definition) is 0. The van der Waals surface area contributed by atoms with Gasteiger partial charge in [0.15, 0.2) is 9.84 Å². The molecule has 1 aliphatic heterocycles. The third kappa shape index (κ3) is 3.33. The molecule has 6 heteroatoms. The quantitative estimate of drug-likeness (QED) is 0.802. The standard InChI is InChI=1S/C18H18FNO3S/c19-15-6-8-16(9-7-15)24(22,23)17-10-12-20(13-11-17)18(21)14-4-2-1-3-5-14/h1-9,17H,10-13H2. The zero-order chi connectivity index (χ0) is 17.2. The first-order chi connectivity index (χ1) is 11.5. The van der Waals surface area contributed by atoms with Crippen molar-refractivity contribution in [1.82, 2.24) is 4.90 Å². The Morgan fingerprint density at radius 1 is 0.958 bits per heavy atom. The fourth-order valence-corrected chi connectivity index (χ4v) is 4.68. The highest BCUT2D eigenvalue weighted by atomic mass is 32.2. The van der Waals surface area contributed by atoms with Gasteiger partial charge in [-0.15, -0.1) is 0 Å². The van der Waals surface area contributed by atoms with Gasteiger partial charge in [-0.25, -0.2) is 12.8 Å². The number of carbonyl (C=O) groups is 1. The minimum absolute atomic E-state index is 0.0757. The average molecular weight is 347 g/mol. The maximum absolute atomic E-state index is 13.0. The molecule has 0 saturated carbocycles. The van der Waals surface area contributed by atoms with Crippen LogP contribution in [0.4, 0.5) is 4.39 Å². The molecule has 0 radical (unpaired) electrons. The molecule has 24 heavy (non-hydrogen) atoms. The van der Waals surface area contributed by atoms with Gasteiger partial charge in [0.25, 0.3) is 5.91 Å². The lowest BCUT2D eigenvalue weighted by Gasteiger charge is -2.31. The maximum atomic E-state index is 13.0. The van der Waals surface area contributed by atoms with Crippen LogP contribution in [0.3, 0.4) is 0 Å². The summed E-state index contributed by atoms with van der Waals surface area (Å²) in [5.41, 5.74) is 0.609. The first-order valence-electron chi connectivity index (χ1n) is 7.82. The number of sulfone groups is 1. The summed E-state index contributed by atoms with van der Waals surface area (Å²) in [7, 11) is -3.50. The van der Waals surface area contributed by atoms with Gasteiger partial charge in [0.05, 0.1) is 10.1 Å². The SMILES string of the molecule is O=C(c1ccccc1)N1CCC(S(=O)(=O)c2ccc(F)cc2)CC1. The Kier molecular flexibility index (Phi) is 4.66. The second-order valence-electron chi connectivity index (χ2n) is 5.86. The van der Waals surface area contributed by atoms with Crippen molar-refractivity contribution in [1.29, 1.82) is 0 Å². The second kappa shape index (κ2) is 6.73. The Morgan fingerprint density at radius 3 is 2.12 bits per heavy atom. The lowest BCUT2D eigenvalue weighted by molar-refractivity contribution is 0.0725. The number of carbonyl (C=O) groups excluding carboxylic acids is 1. The molecule has 0 bridgehead atoms. The number of halogens is 1. The summed E-state index contributed by atoms with van der Waals surface area (Å²) < 4.78 is 38.2. The van der Waals surface area contributed by atoms with Gasteiger partial charge in [-0.2, -0.15) is 0 Å². The van der Waals surface area contributed by atoms with Crippen LogP contribution >= 0.6 is 0 Å². The highest BCUT2D eigenvalue weighted by molar-refractivity contribution is 7.92. The van der Waals surface area contributed by atoms with Crippen molar-refractivity contribution in [2.75, 3.05) is 13.1 Å². The number of nitrogens with zero attached hydrogens (tertiary/aromatic N) is 1. The summed E-state index contributed by atoms with van der Waals surface area (Å²) in [6.07, 6.45) is 0.774. The molecule has 4 nitrogen and oxygen atoms in total. The predicted octanol–water partition coefficient (Wildman–Crippen LogP) is 2.90. The lowest BCUT2D eigenvalue weighted by Crippen LogP contribution is -2.42. The molecule has 0 atom stereocenters. The zero-order valence-electron chi connectivity index (χ0n) is 13.1. The Bertz CT molecular complexity index is 811. The number of benzene rings is 2. The van der Waals surface area contributed by atoms with Gasteiger partial charge in [0, 0.05) is 18.7 Å². The van der Waals surface area contributed by atoms with E-state index in [1.807, 2.05) is 6.07 Å². The van der Waals surface area contributed by atoms with E-state index in [2.05, 4.69) is 0 Å². The van der Waals surface area contributed by atoms with Crippen LogP contribution in [0.15, 0.2) is 59.5 Å². The van der Waals surface area contributed by atoms with Crippen molar-refractivity contribution in [3.05, 3.63) is 66.0 Å². The highest BCUT2D eigenvalue weighted by Gasteiger charge is 2.32. The summed E-state index contributed by atoms with van der Waals surface area (Å²) in [6, 6.07) is 13.9. The summed E-state index contributed by atoms with van der Waals surface area (Å²) in [6.45, 7) is 0.803. The van der Waals surface area contributed by atoms with Crippen LogP contribution in [-0.2, 0) is 9.84 Å². The molecule has 0 spiro atoms. The van der Waals surface area contributed by atoms with Gasteiger partial charge in [-0.1, -0.05) is 18.2 Å². The van der Waals surface area contributed by atoms with Crippen molar-refractivity contribution in [3.8, 4) is 0 Å². The van der Waals surface area contributed by atoms with Gasteiger partial charge in [0.2, 0.25) is 0 Å². The third-order valence-corrected chi connectivity index (χ3v) is 6.61. The average Bonchev–Trinajstić information content (AvgIpc) is 2.62. The number of likely N-dealkylation sites (tertiary alicyclic amines) is 1. The van der Waals surface area contributed by atoms with Gasteiger partial charge in [-0.05, 0) is 49.2 Å². The number of hydrogen-bond acceptors (Lipinski definition) is 3. The van der Waals surface area contributed by atoms with Crippen molar-refractivity contribution in [2.24, 2.45) is 0 Å². The molecule has 1 saturated heterocycles. The van der Waals surface area contributed by atoms with Crippen LogP contribution in [0, 0.1) is 5.82 Å². The first kappa shape index (κ1) is 16.6. The Morgan fingerprint density at radius 2 is 1.54 bits per heavy atom.